The van der Waals surface area contributed by atoms with Crippen molar-refractivity contribution in [3.63, 3.8) is 0 Å². The average Bonchev–Trinajstić information content (AvgIpc) is 2.35. The fourth-order valence-corrected chi connectivity index (χ4v) is 3.56. The van der Waals surface area contributed by atoms with Crippen molar-refractivity contribution in [2.75, 3.05) is 26.2 Å². The van der Waals surface area contributed by atoms with Crippen molar-refractivity contribution < 1.29 is 0 Å². The predicted molar refractivity (Wildman–Crippen MR) is 93.3 cm³/mol. The number of nitrogens with one attached hydrogen (secondary N) is 1. The lowest BCUT2D eigenvalue weighted by Gasteiger charge is -2.43. The molecule has 0 amide bonds. The molecule has 7 heteroatoms. The standard InChI is InChI=1S/C14H19Cl2N3.2ClH/c15-12-5-4-11(14(16)18-12)13(10-2-1-3-10)19-8-6-17-7-9-19;;/h4-5,10,13,17H,1-3,6-9H2;2*1H/t13-;;/m1../s1. The first-order valence-corrected chi connectivity index (χ1v) is 7.78. The van der Waals surface area contributed by atoms with Gasteiger partial charge in [0.25, 0.3) is 0 Å². The lowest BCUT2D eigenvalue weighted by atomic mass is 9.76. The topological polar surface area (TPSA) is 28.2 Å². The van der Waals surface area contributed by atoms with Gasteiger partial charge in [-0.1, -0.05) is 35.7 Å². The average molecular weight is 373 g/mol. The molecule has 1 aromatic heterocycles. The van der Waals surface area contributed by atoms with Crippen LogP contribution in [0.5, 0.6) is 0 Å². The van der Waals surface area contributed by atoms with Crippen molar-refractivity contribution in [1.29, 1.82) is 0 Å². The van der Waals surface area contributed by atoms with Gasteiger partial charge >= 0.3 is 0 Å². The molecule has 1 atom stereocenters. The first-order valence-electron chi connectivity index (χ1n) is 7.02. The first-order chi connectivity index (χ1) is 9.25. The summed E-state index contributed by atoms with van der Waals surface area (Å²) in [7, 11) is 0. The van der Waals surface area contributed by atoms with Crippen molar-refractivity contribution >= 4 is 48.0 Å². The van der Waals surface area contributed by atoms with Gasteiger partial charge in [-0.25, -0.2) is 4.98 Å². The fraction of sp³-hybridized carbons (Fsp3) is 0.643. The minimum atomic E-state index is 0. The van der Waals surface area contributed by atoms with E-state index in [9.17, 15) is 0 Å². The maximum atomic E-state index is 6.33. The highest BCUT2D eigenvalue weighted by Crippen LogP contribution is 2.43. The molecule has 1 aliphatic carbocycles. The molecular weight excluding hydrogens is 352 g/mol. The van der Waals surface area contributed by atoms with Crippen LogP contribution in [0.15, 0.2) is 12.1 Å². The van der Waals surface area contributed by atoms with Crippen LogP contribution in [0.2, 0.25) is 10.3 Å². The molecule has 2 heterocycles. The van der Waals surface area contributed by atoms with Gasteiger partial charge in [0, 0.05) is 37.8 Å². The number of hydrogen-bond acceptors (Lipinski definition) is 3. The van der Waals surface area contributed by atoms with Gasteiger partial charge in [0.1, 0.15) is 10.3 Å². The third-order valence-electron chi connectivity index (χ3n) is 4.30. The van der Waals surface area contributed by atoms with E-state index in [0.717, 1.165) is 37.7 Å². The van der Waals surface area contributed by atoms with E-state index in [0.29, 0.717) is 16.3 Å². The Morgan fingerprint density at radius 3 is 2.33 bits per heavy atom. The molecule has 0 radical (unpaired) electrons. The summed E-state index contributed by atoms with van der Waals surface area (Å²) in [6, 6.07) is 4.33. The maximum Gasteiger partial charge on any atom is 0.135 e. The van der Waals surface area contributed by atoms with Gasteiger partial charge in [-0.05, 0) is 24.8 Å². The Balaban J connectivity index is 0.00000110. The maximum absolute atomic E-state index is 6.33. The second-order valence-corrected chi connectivity index (χ2v) is 6.18. The Hall–Kier alpha value is 0.230. The van der Waals surface area contributed by atoms with Gasteiger partial charge < -0.3 is 5.32 Å². The molecule has 3 rings (SSSR count). The van der Waals surface area contributed by atoms with Crippen molar-refractivity contribution in [3.8, 4) is 0 Å². The highest BCUT2D eigenvalue weighted by molar-refractivity contribution is 6.32. The number of hydrogen-bond donors (Lipinski definition) is 1. The molecule has 120 valence electrons. The third-order valence-corrected chi connectivity index (χ3v) is 4.82. The monoisotopic (exact) mass is 371 g/mol. The molecule has 0 spiro atoms. The molecule has 2 fully saturated rings. The number of piperazine rings is 1. The molecule has 0 bridgehead atoms. The summed E-state index contributed by atoms with van der Waals surface area (Å²) in [5.41, 5.74) is 1.15. The molecule has 21 heavy (non-hydrogen) atoms. The summed E-state index contributed by atoms with van der Waals surface area (Å²) < 4.78 is 0. The quantitative estimate of drug-likeness (QED) is 0.813. The summed E-state index contributed by atoms with van der Waals surface area (Å²) in [6.45, 7) is 4.28. The van der Waals surface area contributed by atoms with E-state index in [1.807, 2.05) is 6.07 Å². The van der Waals surface area contributed by atoms with E-state index < -0.39 is 0 Å². The Bertz CT molecular complexity index is 448. The van der Waals surface area contributed by atoms with E-state index in [1.54, 1.807) is 0 Å². The number of pyridine rings is 1. The normalized spacial score (nSPS) is 20.9. The van der Waals surface area contributed by atoms with Crippen LogP contribution >= 0.6 is 48.0 Å². The highest BCUT2D eigenvalue weighted by Gasteiger charge is 2.34. The Labute approximate surface area is 148 Å². The van der Waals surface area contributed by atoms with Gasteiger partial charge in [-0.3, -0.25) is 4.90 Å². The summed E-state index contributed by atoms with van der Waals surface area (Å²) >= 11 is 12.2. The van der Waals surface area contributed by atoms with Crippen LogP contribution in [0.4, 0.5) is 0 Å². The Morgan fingerprint density at radius 2 is 1.81 bits per heavy atom. The molecular formula is C14H21Cl4N3. The van der Waals surface area contributed by atoms with Crippen LogP contribution < -0.4 is 5.32 Å². The number of rotatable bonds is 3. The zero-order valence-electron chi connectivity index (χ0n) is 11.7. The molecule has 1 aliphatic heterocycles. The molecule has 1 N–H and O–H groups in total. The number of nitrogens with zero attached hydrogens (tertiary/aromatic N) is 2. The van der Waals surface area contributed by atoms with E-state index in [1.165, 1.54) is 19.3 Å². The minimum Gasteiger partial charge on any atom is -0.314 e. The highest BCUT2D eigenvalue weighted by atomic mass is 35.5. The van der Waals surface area contributed by atoms with E-state index in [-0.39, 0.29) is 24.8 Å². The summed E-state index contributed by atoms with van der Waals surface area (Å²) in [4.78, 5) is 6.77. The van der Waals surface area contributed by atoms with E-state index >= 15 is 0 Å². The van der Waals surface area contributed by atoms with Crippen molar-refractivity contribution in [2.45, 2.75) is 25.3 Å². The third kappa shape index (κ3) is 4.37. The van der Waals surface area contributed by atoms with E-state index in [2.05, 4.69) is 21.3 Å². The van der Waals surface area contributed by atoms with Gasteiger partial charge in [-0.2, -0.15) is 0 Å². The van der Waals surface area contributed by atoms with Gasteiger partial charge in [0.15, 0.2) is 0 Å². The zero-order valence-corrected chi connectivity index (χ0v) is 14.9. The van der Waals surface area contributed by atoms with E-state index in [4.69, 9.17) is 23.2 Å². The molecule has 3 nitrogen and oxygen atoms in total. The van der Waals surface area contributed by atoms with Crippen LogP contribution in [0.1, 0.15) is 30.9 Å². The Morgan fingerprint density at radius 1 is 1.14 bits per heavy atom. The lowest BCUT2D eigenvalue weighted by molar-refractivity contribution is 0.0835. The van der Waals surface area contributed by atoms with Crippen LogP contribution in [0.25, 0.3) is 0 Å². The second-order valence-electron chi connectivity index (χ2n) is 5.44. The van der Waals surface area contributed by atoms with Gasteiger partial charge in [-0.15, -0.1) is 24.8 Å². The molecule has 0 unspecified atom stereocenters. The minimum absolute atomic E-state index is 0. The molecule has 2 aliphatic rings. The van der Waals surface area contributed by atoms with Gasteiger partial charge in [0.05, 0.1) is 0 Å². The zero-order chi connectivity index (χ0) is 13.2. The Kier molecular flexibility index (Phi) is 8.04. The van der Waals surface area contributed by atoms with Gasteiger partial charge in [0.2, 0.25) is 0 Å². The van der Waals surface area contributed by atoms with Crippen molar-refractivity contribution in [2.24, 2.45) is 5.92 Å². The fourth-order valence-electron chi connectivity index (χ4n) is 3.11. The summed E-state index contributed by atoms with van der Waals surface area (Å²) in [5, 5.41) is 4.45. The van der Waals surface area contributed by atoms with Crippen LogP contribution in [0, 0.1) is 5.92 Å². The summed E-state index contributed by atoms with van der Waals surface area (Å²) in [5.74, 6) is 0.721. The number of halogens is 4. The SMILES string of the molecule is Cl.Cl.Clc1ccc([C@@H](C2CCC2)N2CCNCC2)c(Cl)n1. The van der Waals surface area contributed by atoms with Crippen molar-refractivity contribution in [3.05, 3.63) is 28.0 Å². The summed E-state index contributed by atoms with van der Waals surface area (Å²) in [6.07, 6.45) is 3.94. The van der Waals surface area contributed by atoms with Crippen LogP contribution in [-0.4, -0.2) is 36.1 Å². The second kappa shape index (κ2) is 8.76. The molecule has 1 aromatic rings. The van der Waals surface area contributed by atoms with Crippen LogP contribution in [0.3, 0.4) is 0 Å². The number of aromatic nitrogens is 1. The predicted octanol–water partition coefficient (Wildman–Crippen LogP) is 3.98. The molecule has 1 saturated heterocycles. The lowest BCUT2D eigenvalue weighted by Crippen LogP contribution is -2.48. The van der Waals surface area contributed by atoms with Crippen molar-refractivity contribution in [1.82, 2.24) is 15.2 Å². The largest absolute Gasteiger partial charge is 0.314 e. The molecule has 1 saturated carbocycles. The first kappa shape index (κ1) is 19.3. The smallest absolute Gasteiger partial charge is 0.135 e. The van der Waals surface area contributed by atoms with Crippen LogP contribution in [-0.2, 0) is 0 Å². The molecule has 0 aromatic carbocycles.